The quantitative estimate of drug-likeness (QED) is 0.287. The number of benzene rings is 2. The van der Waals surface area contributed by atoms with Crippen LogP contribution in [0.1, 0.15) is 84.7 Å². The molecule has 2 atom stereocenters. The molecule has 11 heteroatoms. The van der Waals surface area contributed by atoms with Crippen LogP contribution in [0.2, 0.25) is 10.0 Å². The van der Waals surface area contributed by atoms with Crippen LogP contribution in [0.15, 0.2) is 48.8 Å². The second-order valence-electron chi connectivity index (χ2n) is 12.4. The Bertz CT molecular complexity index is 1530. The van der Waals surface area contributed by atoms with Crippen LogP contribution in [0.3, 0.4) is 0 Å². The minimum Gasteiger partial charge on any atom is -0.396 e. The number of aromatic nitrogens is 2. The fourth-order valence-electron chi connectivity index (χ4n) is 6.45. The number of aliphatic hydroxyl groups is 3. The van der Waals surface area contributed by atoms with E-state index >= 15 is 4.39 Å². The van der Waals surface area contributed by atoms with Crippen molar-refractivity contribution in [3.63, 3.8) is 0 Å². The molecule has 1 amide bonds. The highest BCUT2D eigenvalue weighted by molar-refractivity contribution is 6.30. The van der Waals surface area contributed by atoms with E-state index in [-0.39, 0.29) is 42.3 Å². The van der Waals surface area contributed by atoms with Gasteiger partial charge in [-0.3, -0.25) is 9.69 Å². The van der Waals surface area contributed by atoms with Gasteiger partial charge in [-0.2, -0.15) is 0 Å². The van der Waals surface area contributed by atoms with Crippen molar-refractivity contribution in [1.29, 1.82) is 0 Å². The van der Waals surface area contributed by atoms with Crippen LogP contribution < -0.4 is 0 Å². The summed E-state index contributed by atoms with van der Waals surface area (Å²) in [5.74, 6) is -1.09. The first-order valence-corrected chi connectivity index (χ1v) is 15.3. The number of aliphatic hydroxyl groups excluding tert-OH is 1. The number of hydrogen-bond acceptors (Lipinski definition) is 7. The van der Waals surface area contributed by atoms with Gasteiger partial charge in [-0.05, 0) is 62.4 Å². The SMILES string of the molecule is CC(O)(c1cc(F)c2c(c1)C(=O)N(Cc1ncc(Cl)cn1)[C@@]2(OCC1(CO)CC1)c1ccc(Cl)cc1)C1(O)CCCCC1. The van der Waals surface area contributed by atoms with E-state index in [0.29, 0.717) is 28.5 Å². The molecule has 2 aliphatic carbocycles. The molecule has 3 aromatic rings. The third-order valence-corrected chi connectivity index (χ3v) is 9.97. The summed E-state index contributed by atoms with van der Waals surface area (Å²) in [5.41, 5.74) is -5.08. The molecule has 6 rings (SSSR count). The van der Waals surface area contributed by atoms with E-state index in [2.05, 4.69) is 9.97 Å². The first-order chi connectivity index (χ1) is 20.4. The summed E-state index contributed by atoms with van der Waals surface area (Å²) in [5, 5.41) is 34.1. The average molecular weight is 631 g/mol. The summed E-state index contributed by atoms with van der Waals surface area (Å²) in [7, 11) is 0. The second kappa shape index (κ2) is 11.1. The summed E-state index contributed by atoms with van der Waals surface area (Å²) >= 11 is 12.2. The summed E-state index contributed by atoms with van der Waals surface area (Å²) in [6.45, 7) is 1.25. The predicted octanol–water partition coefficient (Wildman–Crippen LogP) is 5.47. The molecule has 0 bridgehead atoms. The highest BCUT2D eigenvalue weighted by atomic mass is 35.5. The number of carbonyl (C=O) groups excluding carboxylic acids is 1. The Morgan fingerprint density at radius 2 is 1.67 bits per heavy atom. The van der Waals surface area contributed by atoms with Crippen LogP contribution >= 0.6 is 23.2 Å². The van der Waals surface area contributed by atoms with Gasteiger partial charge in [0, 0.05) is 28.4 Å². The maximum absolute atomic E-state index is 16.7. The Labute approximate surface area is 259 Å². The molecule has 228 valence electrons. The minimum absolute atomic E-state index is 0.00700. The van der Waals surface area contributed by atoms with E-state index in [0.717, 1.165) is 32.1 Å². The number of amides is 1. The van der Waals surface area contributed by atoms with Crippen LogP contribution in [0.4, 0.5) is 4.39 Å². The standard InChI is InChI=1S/C32H34Cl2FN3O5/c1-29(41,31(42)9-3-2-4-10-31)21-13-24-27(25(35)14-21)32(20-5-7-22(33)8-6-20,43-19-30(18-39)11-12-30)38(28(24)40)17-26-36-15-23(34)16-37-26/h5-8,13-16,39,41-42H,2-4,9-12,17-19H2,1H3/t29?,32-/m1/s1. The molecule has 2 aromatic carbocycles. The van der Waals surface area contributed by atoms with Crippen molar-refractivity contribution < 1.29 is 29.2 Å². The number of rotatable bonds is 9. The lowest BCUT2D eigenvalue weighted by Crippen LogP contribution is -2.51. The van der Waals surface area contributed by atoms with Gasteiger partial charge in [0.25, 0.3) is 5.91 Å². The van der Waals surface area contributed by atoms with Crippen LogP contribution in [0, 0.1) is 11.2 Å². The van der Waals surface area contributed by atoms with E-state index < -0.39 is 34.1 Å². The van der Waals surface area contributed by atoms with Gasteiger partial charge in [0.1, 0.15) is 17.2 Å². The molecule has 1 aliphatic heterocycles. The molecule has 3 aliphatic rings. The molecule has 0 radical (unpaired) electrons. The van der Waals surface area contributed by atoms with Crippen molar-refractivity contribution in [2.45, 2.75) is 75.3 Å². The number of nitrogens with zero attached hydrogens (tertiary/aromatic N) is 3. The lowest BCUT2D eigenvalue weighted by atomic mass is 9.70. The Morgan fingerprint density at radius 3 is 2.28 bits per heavy atom. The zero-order valence-corrected chi connectivity index (χ0v) is 25.3. The van der Waals surface area contributed by atoms with Gasteiger partial charge in [-0.15, -0.1) is 0 Å². The fourth-order valence-corrected chi connectivity index (χ4v) is 6.68. The van der Waals surface area contributed by atoms with Crippen LogP contribution in [-0.2, 0) is 22.6 Å². The number of hydrogen-bond donors (Lipinski definition) is 3. The number of halogens is 3. The Hall–Kier alpha value is -2.66. The molecule has 43 heavy (non-hydrogen) atoms. The Kier molecular flexibility index (Phi) is 7.80. The summed E-state index contributed by atoms with van der Waals surface area (Å²) in [6, 6.07) is 9.27. The fraction of sp³-hybridized carbons (Fsp3) is 0.469. The normalized spacial score (nSPS) is 23.6. The van der Waals surface area contributed by atoms with E-state index in [1.54, 1.807) is 24.3 Å². The molecule has 2 fully saturated rings. The maximum atomic E-state index is 16.7. The predicted molar refractivity (Wildman–Crippen MR) is 158 cm³/mol. The summed E-state index contributed by atoms with van der Waals surface area (Å²) in [4.78, 5) is 24.3. The van der Waals surface area contributed by atoms with Gasteiger partial charge in [-0.25, -0.2) is 14.4 Å². The number of ether oxygens (including phenoxy) is 1. The van der Waals surface area contributed by atoms with Gasteiger partial charge >= 0.3 is 0 Å². The monoisotopic (exact) mass is 629 g/mol. The average Bonchev–Trinajstić information content (AvgIpc) is 3.74. The third-order valence-electron chi connectivity index (χ3n) is 9.52. The van der Waals surface area contributed by atoms with Crippen LogP contribution in [0.5, 0.6) is 0 Å². The molecule has 3 N–H and O–H groups in total. The Morgan fingerprint density at radius 1 is 1.02 bits per heavy atom. The van der Waals surface area contributed by atoms with E-state index in [9.17, 15) is 20.1 Å². The summed E-state index contributed by atoms with van der Waals surface area (Å²) < 4.78 is 23.4. The van der Waals surface area contributed by atoms with Gasteiger partial charge in [0.2, 0.25) is 0 Å². The molecule has 1 aromatic heterocycles. The summed E-state index contributed by atoms with van der Waals surface area (Å²) in [6.07, 6.45) is 7.38. The van der Waals surface area contributed by atoms with Gasteiger partial charge < -0.3 is 20.1 Å². The molecule has 2 saturated carbocycles. The van der Waals surface area contributed by atoms with Crippen LogP contribution in [-0.4, -0.2) is 54.9 Å². The van der Waals surface area contributed by atoms with Crippen molar-refractivity contribution in [2.24, 2.45) is 5.41 Å². The lowest BCUT2D eigenvalue weighted by Gasteiger charge is -2.44. The third kappa shape index (κ3) is 5.14. The lowest BCUT2D eigenvalue weighted by molar-refractivity contribution is -0.164. The highest BCUT2D eigenvalue weighted by Crippen LogP contribution is 2.53. The van der Waals surface area contributed by atoms with Gasteiger partial charge in [-0.1, -0.05) is 54.6 Å². The van der Waals surface area contributed by atoms with Gasteiger partial charge in [0.15, 0.2) is 5.72 Å². The van der Waals surface area contributed by atoms with E-state index in [1.165, 1.54) is 36.4 Å². The molecular formula is C32H34Cl2FN3O5. The van der Waals surface area contributed by atoms with Gasteiger partial charge in [0.05, 0.1) is 41.5 Å². The first-order valence-electron chi connectivity index (χ1n) is 14.5. The zero-order valence-electron chi connectivity index (χ0n) is 23.8. The van der Waals surface area contributed by atoms with Crippen molar-refractivity contribution >= 4 is 29.1 Å². The number of fused-ring (bicyclic) bond motifs is 1. The van der Waals surface area contributed by atoms with Crippen molar-refractivity contribution in [2.75, 3.05) is 13.2 Å². The topological polar surface area (TPSA) is 116 Å². The molecule has 8 nitrogen and oxygen atoms in total. The molecular weight excluding hydrogens is 596 g/mol. The zero-order chi connectivity index (χ0) is 30.6. The van der Waals surface area contributed by atoms with E-state index in [4.69, 9.17) is 27.9 Å². The smallest absolute Gasteiger partial charge is 0.257 e. The van der Waals surface area contributed by atoms with E-state index in [1.807, 2.05) is 0 Å². The molecule has 0 spiro atoms. The van der Waals surface area contributed by atoms with Crippen molar-refractivity contribution in [3.05, 3.63) is 92.7 Å². The molecule has 0 saturated heterocycles. The minimum atomic E-state index is -1.82. The highest BCUT2D eigenvalue weighted by Gasteiger charge is 2.57. The molecule has 2 heterocycles. The Balaban J connectivity index is 1.54. The van der Waals surface area contributed by atoms with Crippen LogP contribution in [0.25, 0.3) is 0 Å². The van der Waals surface area contributed by atoms with Crippen molar-refractivity contribution in [1.82, 2.24) is 14.9 Å². The van der Waals surface area contributed by atoms with Crippen molar-refractivity contribution in [3.8, 4) is 0 Å². The largest absolute Gasteiger partial charge is 0.396 e. The first kappa shape index (κ1) is 30.4. The molecule has 1 unspecified atom stereocenters. The number of carbonyl (C=O) groups is 1. The maximum Gasteiger partial charge on any atom is 0.257 e. The second-order valence-corrected chi connectivity index (χ2v) is 13.2.